The number of nitrogens with zero attached hydrogens (tertiary/aromatic N) is 4. The average molecular weight is 530 g/mol. The molecule has 0 saturated heterocycles. The van der Waals surface area contributed by atoms with Crippen LogP contribution in [0.2, 0.25) is 10.0 Å². The summed E-state index contributed by atoms with van der Waals surface area (Å²) in [5, 5.41) is 17.8. The molecule has 0 spiro atoms. The van der Waals surface area contributed by atoms with Gasteiger partial charge in [0, 0.05) is 16.5 Å². The predicted octanol–water partition coefficient (Wildman–Crippen LogP) is 6.29. The van der Waals surface area contributed by atoms with E-state index in [-0.39, 0.29) is 29.3 Å². The highest BCUT2D eigenvalue weighted by Gasteiger charge is 2.31. The Labute approximate surface area is 215 Å². The molecule has 0 amide bonds. The number of aliphatic carboxylic acids is 1. The van der Waals surface area contributed by atoms with Gasteiger partial charge in [0.05, 0.1) is 22.8 Å². The van der Waals surface area contributed by atoms with Crippen LogP contribution >= 0.6 is 23.2 Å². The van der Waals surface area contributed by atoms with E-state index in [2.05, 4.69) is 10.2 Å². The number of hydrogen-bond acceptors (Lipinski definition) is 6. The number of carbonyl (C=O) groups is 1. The number of imidazole rings is 1. The molecular weight excluding hydrogens is 508 g/mol. The van der Waals surface area contributed by atoms with Crippen molar-refractivity contribution in [2.75, 3.05) is 5.73 Å². The lowest BCUT2D eigenvalue weighted by Gasteiger charge is -2.24. The van der Waals surface area contributed by atoms with Crippen molar-refractivity contribution in [3.8, 4) is 28.5 Å². The zero-order chi connectivity index (χ0) is 25.4. The maximum Gasteiger partial charge on any atom is 0.313 e. The summed E-state index contributed by atoms with van der Waals surface area (Å²) in [4.78, 5) is 16.7. The highest BCUT2D eigenvalue weighted by Crippen LogP contribution is 2.42. The van der Waals surface area contributed by atoms with Crippen molar-refractivity contribution in [2.45, 2.75) is 44.4 Å². The summed E-state index contributed by atoms with van der Waals surface area (Å²) in [6, 6.07) is 9.22. The molecule has 2 aromatic carbocycles. The molecule has 0 radical (unpaired) electrons. The van der Waals surface area contributed by atoms with Crippen LogP contribution in [0.15, 0.2) is 40.8 Å². The van der Waals surface area contributed by atoms with Crippen LogP contribution in [0.1, 0.15) is 49.4 Å². The SMILES string of the molecule is Nc1nnc(-c2nc(C3CCCCC3)n(-c3cc(Cl)ccc3CC(=O)O)c2-c2ccc(F)c(Cl)c2)o1. The van der Waals surface area contributed by atoms with Gasteiger partial charge in [0.15, 0.2) is 5.69 Å². The van der Waals surface area contributed by atoms with Gasteiger partial charge in [-0.15, -0.1) is 5.10 Å². The summed E-state index contributed by atoms with van der Waals surface area (Å²) in [5.74, 6) is -0.698. The molecule has 0 atom stereocenters. The first-order chi connectivity index (χ1) is 17.3. The van der Waals surface area contributed by atoms with Gasteiger partial charge in [-0.05, 0) is 48.7 Å². The van der Waals surface area contributed by atoms with Crippen molar-refractivity contribution in [3.63, 3.8) is 0 Å². The van der Waals surface area contributed by atoms with Gasteiger partial charge in [0.2, 0.25) is 0 Å². The topological polar surface area (TPSA) is 120 Å². The van der Waals surface area contributed by atoms with E-state index in [4.69, 9.17) is 38.3 Å². The van der Waals surface area contributed by atoms with E-state index >= 15 is 0 Å². The van der Waals surface area contributed by atoms with E-state index in [1.54, 1.807) is 24.3 Å². The van der Waals surface area contributed by atoms with Crippen molar-refractivity contribution in [1.82, 2.24) is 19.7 Å². The van der Waals surface area contributed by atoms with Crippen LogP contribution in [0.25, 0.3) is 28.5 Å². The number of hydrogen-bond donors (Lipinski definition) is 2. The molecule has 1 aliphatic rings. The van der Waals surface area contributed by atoms with Gasteiger partial charge >= 0.3 is 12.0 Å². The fourth-order valence-electron chi connectivity index (χ4n) is 4.76. The van der Waals surface area contributed by atoms with E-state index in [9.17, 15) is 14.3 Å². The monoisotopic (exact) mass is 529 g/mol. The number of carboxylic acids is 1. The Morgan fingerprint density at radius 2 is 1.92 bits per heavy atom. The molecule has 2 aromatic heterocycles. The van der Waals surface area contributed by atoms with Gasteiger partial charge in [-0.25, -0.2) is 9.37 Å². The summed E-state index contributed by atoms with van der Waals surface area (Å²) in [6.07, 6.45) is 4.78. The molecule has 1 aliphatic carbocycles. The summed E-state index contributed by atoms with van der Waals surface area (Å²) >= 11 is 12.6. The summed E-state index contributed by atoms with van der Waals surface area (Å²) < 4.78 is 21.5. The maximum atomic E-state index is 14.1. The number of nitrogens with two attached hydrogens (primary N) is 1. The number of aromatic nitrogens is 4. The first kappa shape index (κ1) is 24.3. The van der Waals surface area contributed by atoms with E-state index < -0.39 is 11.8 Å². The lowest BCUT2D eigenvalue weighted by molar-refractivity contribution is -0.136. The largest absolute Gasteiger partial charge is 0.481 e. The number of anilines is 1. The predicted molar refractivity (Wildman–Crippen MR) is 134 cm³/mol. The molecule has 4 aromatic rings. The molecular formula is C25H22Cl2FN5O3. The van der Waals surface area contributed by atoms with Crippen LogP contribution in [0.5, 0.6) is 0 Å². The summed E-state index contributed by atoms with van der Waals surface area (Å²) in [5.41, 5.74) is 8.16. The minimum atomic E-state index is -0.992. The quantitative estimate of drug-likeness (QED) is 0.301. The zero-order valence-electron chi connectivity index (χ0n) is 19.0. The Hall–Kier alpha value is -3.43. The van der Waals surface area contributed by atoms with Crippen LogP contribution in [-0.4, -0.2) is 30.8 Å². The van der Waals surface area contributed by atoms with Crippen molar-refractivity contribution in [2.24, 2.45) is 0 Å². The third kappa shape index (κ3) is 4.68. The smallest absolute Gasteiger partial charge is 0.313 e. The van der Waals surface area contributed by atoms with Gasteiger partial charge in [-0.3, -0.25) is 9.36 Å². The standard InChI is InChI=1S/C25H22Cl2FN5O3/c26-16-8-6-14(11-20(34)35)19(12-16)33-22(15-7-9-18(28)17(27)10-15)21(24-31-32-25(29)36-24)30-23(33)13-4-2-1-3-5-13/h6-10,12-13H,1-5,11H2,(H2,29,32)(H,34,35). The number of benzene rings is 2. The van der Waals surface area contributed by atoms with E-state index in [0.29, 0.717) is 39.0 Å². The first-order valence-corrected chi connectivity index (χ1v) is 12.3. The normalized spacial score (nSPS) is 14.3. The van der Waals surface area contributed by atoms with Gasteiger partial charge in [-0.1, -0.05) is 53.6 Å². The molecule has 5 rings (SSSR count). The van der Waals surface area contributed by atoms with Gasteiger partial charge < -0.3 is 15.3 Å². The van der Waals surface area contributed by atoms with Gasteiger partial charge in [0.25, 0.3) is 5.89 Å². The molecule has 0 bridgehead atoms. The fraction of sp³-hybridized carbons (Fsp3) is 0.280. The number of carboxylic acid groups (broad SMARTS) is 1. The first-order valence-electron chi connectivity index (χ1n) is 11.5. The molecule has 1 saturated carbocycles. The second-order valence-electron chi connectivity index (χ2n) is 8.76. The molecule has 1 fully saturated rings. The van der Waals surface area contributed by atoms with Crippen LogP contribution < -0.4 is 5.73 Å². The van der Waals surface area contributed by atoms with E-state index in [0.717, 1.165) is 32.1 Å². The Kier molecular flexibility index (Phi) is 6.68. The summed E-state index contributed by atoms with van der Waals surface area (Å²) in [7, 11) is 0. The molecule has 8 nitrogen and oxygen atoms in total. The molecule has 186 valence electrons. The van der Waals surface area contributed by atoms with Crippen molar-refractivity contribution >= 4 is 35.2 Å². The highest BCUT2D eigenvalue weighted by atomic mass is 35.5. The van der Waals surface area contributed by atoms with Crippen LogP contribution in [-0.2, 0) is 11.2 Å². The van der Waals surface area contributed by atoms with Crippen LogP contribution in [0.4, 0.5) is 10.4 Å². The molecule has 0 unspecified atom stereocenters. The third-order valence-corrected chi connectivity index (χ3v) is 6.86. The minimum absolute atomic E-state index is 0.0766. The third-order valence-electron chi connectivity index (χ3n) is 6.34. The molecule has 2 heterocycles. The Morgan fingerprint density at radius 3 is 2.58 bits per heavy atom. The Bertz CT molecular complexity index is 1450. The van der Waals surface area contributed by atoms with Crippen molar-refractivity contribution in [3.05, 3.63) is 63.6 Å². The number of rotatable bonds is 6. The fourth-order valence-corrected chi connectivity index (χ4v) is 5.11. The molecule has 0 aliphatic heterocycles. The number of nitrogen functional groups attached to an aromatic ring is 1. The average Bonchev–Trinajstić information content (AvgIpc) is 3.46. The molecule has 36 heavy (non-hydrogen) atoms. The molecule has 11 heteroatoms. The Morgan fingerprint density at radius 1 is 1.14 bits per heavy atom. The lowest BCUT2D eigenvalue weighted by Crippen LogP contribution is -2.14. The minimum Gasteiger partial charge on any atom is -0.481 e. The van der Waals surface area contributed by atoms with Crippen molar-refractivity contribution < 1.29 is 18.7 Å². The second-order valence-corrected chi connectivity index (χ2v) is 9.60. The van der Waals surface area contributed by atoms with E-state index in [1.165, 1.54) is 12.1 Å². The number of halogens is 3. The lowest BCUT2D eigenvalue weighted by atomic mass is 9.88. The zero-order valence-corrected chi connectivity index (χ0v) is 20.6. The summed E-state index contributed by atoms with van der Waals surface area (Å²) in [6.45, 7) is 0. The van der Waals surface area contributed by atoms with Crippen LogP contribution in [0, 0.1) is 5.82 Å². The van der Waals surface area contributed by atoms with Crippen molar-refractivity contribution in [1.29, 1.82) is 0 Å². The van der Waals surface area contributed by atoms with Crippen LogP contribution in [0.3, 0.4) is 0 Å². The Balaban J connectivity index is 1.87. The van der Waals surface area contributed by atoms with E-state index in [1.807, 2.05) is 4.57 Å². The maximum absolute atomic E-state index is 14.1. The highest BCUT2D eigenvalue weighted by molar-refractivity contribution is 6.31. The second kappa shape index (κ2) is 9.91. The van der Waals surface area contributed by atoms with Gasteiger partial charge in [0.1, 0.15) is 11.6 Å². The van der Waals surface area contributed by atoms with Gasteiger partial charge in [-0.2, -0.15) is 0 Å². The molecule has 3 N–H and O–H groups in total.